The van der Waals surface area contributed by atoms with E-state index in [1.807, 2.05) is 13.0 Å². The molecule has 1 aromatic carbocycles. The second-order valence-electron chi connectivity index (χ2n) is 4.34. The van der Waals surface area contributed by atoms with E-state index in [1.54, 1.807) is 12.1 Å². The van der Waals surface area contributed by atoms with Gasteiger partial charge in [0.1, 0.15) is 6.54 Å². The lowest BCUT2D eigenvalue weighted by molar-refractivity contribution is -0.142. The van der Waals surface area contributed by atoms with Crippen molar-refractivity contribution in [2.75, 3.05) is 0 Å². The highest BCUT2D eigenvalue weighted by molar-refractivity contribution is 5.63. The average molecular weight is 270 g/mol. The molecule has 0 amide bonds. The van der Waals surface area contributed by atoms with Crippen molar-refractivity contribution in [1.82, 2.24) is 9.78 Å². The summed E-state index contributed by atoms with van der Waals surface area (Å²) in [5.74, 6) is 0. The molecular formula is C13H13F3N2O. The van der Waals surface area contributed by atoms with Crippen LogP contribution >= 0.6 is 0 Å². The van der Waals surface area contributed by atoms with Gasteiger partial charge in [-0.1, -0.05) is 18.2 Å². The van der Waals surface area contributed by atoms with Crippen LogP contribution in [0.3, 0.4) is 0 Å². The number of halogens is 3. The lowest BCUT2D eigenvalue weighted by Crippen LogP contribution is -2.17. The minimum atomic E-state index is -4.28. The van der Waals surface area contributed by atoms with Crippen LogP contribution in [0.2, 0.25) is 0 Å². The zero-order valence-corrected chi connectivity index (χ0v) is 10.3. The molecule has 0 bridgehead atoms. The van der Waals surface area contributed by atoms with E-state index in [2.05, 4.69) is 5.10 Å². The van der Waals surface area contributed by atoms with Crippen LogP contribution in [0.1, 0.15) is 11.1 Å². The second-order valence-corrected chi connectivity index (χ2v) is 4.34. The summed E-state index contributed by atoms with van der Waals surface area (Å²) in [5.41, 5.74) is 3.09. The number of rotatable bonds is 3. The number of aryl methyl sites for hydroxylation is 1. The summed E-state index contributed by atoms with van der Waals surface area (Å²) >= 11 is 0. The molecule has 0 aliphatic carbocycles. The fourth-order valence-electron chi connectivity index (χ4n) is 1.84. The van der Waals surface area contributed by atoms with E-state index < -0.39 is 12.7 Å². The maximum atomic E-state index is 12.2. The minimum absolute atomic E-state index is 0.0561. The molecule has 1 aromatic heterocycles. The van der Waals surface area contributed by atoms with Crippen molar-refractivity contribution in [2.24, 2.45) is 0 Å². The molecular weight excluding hydrogens is 257 g/mol. The standard InChI is InChI=1S/C13H13F3N2O/c1-9-4-10(2-3-11(9)7-19)12-5-17-18(6-12)8-13(14,15)16/h2-6,19H,7-8H2,1H3. The summed E-state index contributed by atoms with van der Waals surface area (Å²) < 4.78 is 37.5. The average Bonchev–Trinajstić information content (AvgIpc) is 2.75. The van der Waals surface area contributed by atoms with Crippen LogP contribution in [0.4, 0.5) is 13.2 Å². The van der Waals surface area contributed by atoms with Gasteiger partial charge in [0.15, 0.2) is 0 Å². The molecule has 0 unspecified atom stereocenters. The van der Waals surface area contributed by atoms with Crippen molar-refractivity contribution >= 4 is 0 Å². The van der Waals surface area contributed by atoms with Crippen molar-refractivity contribution in [3.05, 3.63) is 41.7 Å². The van der Waals surface area contributed by atoms with Gasteiger partial charge in [-0.25, -0.2) is 0 Å². The van der Waals surface area contributed by atoms with Gasteiger partial charge >= 0.3 is 6.18 Å². The van der Waals surface area contributed by atoms with Crippen LogP contribution in [0.5, 0.6) is 0 Å². The van der Waals surface area contributed by atoms with E-state index in [1.165, 1.54) is 12.4 Å². The SMILES string of the molecule is Cc1cc(-c2cnn(CC(F)(F)F)c2)ccc1CO. The van der Waals surface area contributed by atoms with E-state index in [0.29, 0.717) is 5.56 Å². The number of alkyl halides is 3. The molecule has 0 aliphatic rings. The van der Waals surface area contributed by atoms with E-state index in [9.17, 15) is 13.2 Å². The predicted molar refractivity (Wildman–Crippen MR) is 64.4 cm³/mol. The Kier molecular flexibility index (Phi) is 3.61. The first-order valence-corrected chi connectivity index (χ1v) is 5.69. The highest BCUT2D eigenvalue weighted by Crippen LogP contribution is 2.23. The van der Waals surface area contributed by atoms with Gasteiger partial charge in [-0.3, -0.25) is 4.68 Å². The van der Waals surface area contributed by atoms with Gasteiger partial charge in [-0.2, -0.15) is 18.3 Å². The van der Waals surface area contributed by atoms with Crippen LogP contribution in [0.15, 0.2) is 30.6 Å². The summed E-state index contributed by atoms with van der Waals surface area (Å²) in [4.78, 5) is 0. The summed E-state index contributed by atoms with van der Waals surface area (Å²) in [6.45, 7) is 0.690. The predicted octanol–water partition coefficient (Wildman–Crippen LogP) is 2.91. The minimum Gasteiger partial charge on any atom is -0.392 e. The third-order valence-corrected chi connectivity index (χ3v) is 2.82. The Bertz CT molecular complexity index is 576. The molecule has 1 heterocycles. The third-order valence-electron chi connectivity index (χ3n) is 2.82. The Balaban J connectivity index is 2.25. The van der Waals surface area contributed by atoms with Crippen molar-refractivity contribution in [2.45, 2.75) is 26.3 Å². The normalized spacial score (nSPS) is 11.8. The summed E-state index contributed by atoms with van der Waals surface area (Å²) in [6, 6.07) is 5.33. The maximum absolute atomic E-state index is 12.2. The summed E-state index contributed by atoms with van der Waals surface area (Å²) in [6.07, 6.45) is -1.51. The molecule has 0 saturated carbocycles. The monoisotopic (exact) mass is 270 g/mol. The Morgan fingerprint density at radius 1 is 1.26 bits per heavy atom. The molecule has 0 fully saturated rings. The molecule has 0 radical (unpaired) electrons. The van der Waals surface area contributed by atoms with Gasteiger partial charge in [-0.05, 0) is 23.6 Å². The fraction of sp³-hybridized carbons (Fsp3) is 0.308. The summed E-state index contributed by atoms with van der Waals surface area (Å²) in [7, 11) is 0. The first-order chi connectivity index (χ1) is 8.89. The lowest BCUT2D eigenvalue weighted by atomic mass is 10.0. The number of aromatic nitrogens is 2. The van der Waals surface area contributed by atoms with Crippen LogP contribution < -0.4 is 0 Å². The van der Waals surface area contributed by atoms with E-state index in [4.69, 9.17) is 5.11 Å². The van der Waals surface area contributed by atoms with Crippen LogP contribution in [-0.4, -0.2) is 21.1 Å². The maximum Gasteiger partial charge on any atom is 0.408 e. The molecule has 19 heavy (non-hydrogen) atoms. The van der Waals surface area contributed by atoms with Crippen molar-refractivity contribution < 1.29 is 18.3 Å². The molecule has 0 aliphatic heterocycles. The second kappa shape index (κ2) is 5.05. The van der Waals surface area contributed by atoms with E-state index >= 15 is 0 Å². The van der Waals surface area contributed by atoms with Crippen molar-refractivity contribution in [3.8, 4) is 11.1 Å². The highest BCUT2D eigenvalue weighted by atomic mass is 19.4. The van der Waals surface area contributed by atoms with Crippen LogP contribution in [-0.2, 0) is 13.2 Å². The Morgan fingerprint density at radius 2 is 2.00 bits per heavy atom. The van der Waals surface area contributed by atoms with Crippen LogP contribution in [0, 0.1) is 6.92 Å². The Labute approximate surface area is 108 Å². The fourth-order valence-corrected chi connectivity index (χ4v) is 1.84. The molecule has 102 valence electrons. The van der Waals surface area contributed by atoms with Gasteiger partial charge in [0, 0.05) is 11.8 Å². The van der Waals surface area contributed by atoms with Crippen molar-refractivity contribution in [3.63, 3.8) is 0 Å². The first-order valence-electron chi connectivity index (χ1n) is 5.69. The Hall–Kier alpha value is -1.82. The number of aliphatic hydroxyl groups excluding tert-OH is 1. The number of nitrogens with zero attached hydrogens (tertiary/aromatic N) is 2. The molecule has 0 spiro atoms. The summed E-state index contributed by atoms with van der Waals surface area (Å²) in [5, 5.41) is 12.8. The smallest absolute Gasteiger partial charge is 0.392 e. The number of benzene rings is 1. The largest absolute Gasteiger partial charge is 0.408 e. The van der Waals surface area contributed by atoms with Gasteiger partial charge in [0.05, 0.1) is 12.8 Å². The molecule has 6 heteroatoms. The number of aliphatic hydroxyl groups is 1. The van der Waals surface area contributed by atoms with E-state index in [0.717, 1.165) is 21.4 Å². The third kappa shape index (κ3) is 3.35. The topological polar surface area (TPSA) is 38.0 Å². The molecule has 2 aromatic rings. The molecule has 0 atom stereocenters. The molecule has 2 rings (SSSR count). The van der Waals surface area contributed by atoms with Gasteiger partial charge in [0.2, 0.25) is 0 Å². The van der Waals surface area contributed by atoms with Gasteiger partial charge in [-0.15, -0.1) is 0 Å². The number of hydrogen-bond acceptors (Lipinski definition) is 2. The van der Waals surface area contributed by atoms with Crippen molar-refractivity contribution in [1.29, 1.82) is 0 Å². The van der Waals surface area contributed by atoms with Gasteiger partial charge in [0.25, 0.3) is 0 Å². The van der Waals surface area contributed by atoms with E-state index in [-0.39, 0.29) is 6.61 Å². The quantitative estimate of drug-likeness (QED) is 0.931. The first kappa shape index (κ1) is 13.6. The molecule has 3 nitrogen and oxygen atoms in total. The van der Waals surface area contributed by atoms with Crippen LogP contribution in [0.25, 0.3) is 11.1 Å². The lowest BCUT2D eigenvalue weighted by Gasteiger charge is -2.06. The zero-order chi connectivity index (χ0) is 14.0. The molecule has 0 saturated heterocycles. The zero-order valence-electron chi connectivity index (χ0n) is 10.3. The molecule has 1 N–H and O–H groups in total. The van der Waals surface area contributed by atoms with Gasteiger partial charge < -0.3 is 5.11 Å². The Morgan fingerprint density at radius 3 is 2.58 bits per heavy atom. The highest BCUT2D eigenvalue weighted by Gasteiger charge is 2.28. The number of hydrogen-bond donors (Lipinski definition) is 1.